The highest BCUT2D eigenvalue weighted by atomic mass is 32.2. The van der Waals surface area contributed by atoms with Crippen LogP contribution in [0.3, 0.4) is 0 Å². The quantitative estimate of drug-likeness (QED) is 0.850. The molecule has 106 valence electrons. The number of sulfone groups is 1. The lowest BCUT2D eigenvalue weighted by molar-refractivity contribution is 0.148. The number of benzene rings is 1. The Kier molecular flexibility index (Phi) is 4.63. The standard InChI is InChI=1S/C15H23NO2S/c1-13-10-14(2)12-16(11-13)8-9-19(17,18)15-6-4-3-5-7-15/h3-7,13-14H,8-12H2,1-2H3. The van der Waals surface area contributed by atoms with Gasteiger partial charge in [0.05, 0.1) is 10.6 Å². The summed E-state index contributed by atoms with van der Waals surface area (Å²) in [5, 5.41) is 0. The summed E-state index contributed by atoms with van der Waals surface area (Å²) >= 11 is 0. The Bertz CT molecular complexity index is 488. The topological polar surface area (TPSA) is 37.4 Å². The molecule has 0 bridgehead atoms. The van der Waals surface area contributed by atoms with Crippen LogP contribution in [0.2, 0.25) is 0 Å². The minimum atomic E-state index is -3.14. The van der Waals surface area contributed by atoms with E-state index in [1.54, 1.807) is 24.3 Å². The van der Waals surface area contributed by atoms with E-state index in [4.69, 9.17) is 0 Å². The Morgan fingerprint density at radius 1 is 1.11 bits per heavy atom. The zero-order valence-corrected chi connectivity index (χ0v) is 12.6. The van der Waals surface area contributed by atoms with Gasteiger partial charge in [0, 0.05) is 19.6 Å². The molecule has 0 radical (unpaired) electrons. The van der Waals surface area contributed by atoms with Crippen molar-refractivity contribution < 1.29 is 8.42 Å². The fourth-order valence-corrected chi connectivity index (χ4v) is 4.28. The van der Waals surface area contributed by atoms with Gasteiger partial charge in [-0.25, -0.2) is 8.42 Å². The molecule has 0 aromatic heterocycles. The molecule has 3 nitrogen and oxygen atoms in total. The van der Waals surface area contributed by atoms with Crippen molar-refractivity contribution in [3.63, 3.8) is 0 Å². The predicted octanol–water partition coefficient (Wildman–Crippen LogP) is 2.44. The van der Waals surface area contributed by atoms with Crippen molar-refractivity contribution in [1.82, 2.24) is 4.90 Å². The second kappa shape index (κ2) is 6.06. The Balaban J connectivity index is 1.95. The largest absolute Gasteiger partial charge is 0.302 e. The van der Waals surface area contributed by atoms with Crippen molar-refractivity contribution in [2.45, 2.75) is 25.2 Å². The van der Waals surface area contributed by atoms with E-state index in [1.807, 2.05) is 6.07 Å². The van der Waals surface area contributed by atoms with Gasteiger partial charge in [0.15, 0.2) is 9.84 Å². The van der Waals surface area contributed by atoms with E-state index in [1.165, 1.54) is 6.42 Å². The minimum absolute atomic E-state index is 0.219. The molecule has 1 fully saturated rings. The highest BCUT2D eigenvalue weighted by Gasteiger charge is 2.23. The van der Waals surface area contributed by atoms with Crippen LogP contribution in [0.25, 0.3) is 0 Å². The monoisotopic (exact) mass is 281 g/mol. The van der Waals surface area contributed by atoms with Crippen LogP contribution in [-0.4, -0.2) is 38.7 Å². The highest BCUT2D eigenvalue weighted by molar-refractivity contribution is 7.91. The van der Waals surface area contributed by atoms with E-state index in [9.17, 15) is 8.42 Å². The molecule has 2 rings (SSSR count). The van der Waals surface area contributed by atoms with Crippen LogP contribution in [0.4, 0.5) is 0 Å². The molecule has 0 spiro atoms. The molecule has 1 aromatic carbocycles. The number of likely N-dealkylation sites (tertiary alicyclic amines) is 1. The van der Waals surface area contributed by atoms with Crippen molar-refractivity contribution in [1.29, 1.82) is 0 Å². The average Bonchev–Trinajstić information content (AvgIpc) is 2.37. The highest BCUT2D eigenvalue weighted by Crippen LogP contribution is 2.21. The fourth-order valence-electron chi connectivity index (χ4n) is 2.97. The van der Waals surface area contributed by atoms with Gasteiger partial charge in [-0.05, 0) is 30.4 Å². The average molecular weight is 281 g/mol. The molecule has 19 heavy (non-hydrogen) atoms. The second-order valence-electron chi connectivity index (χ2n) is 5.84. The molecule has 2 atom stereocenters. The Morgan fingerprint density at radius 3 is 2.26 bits per heavy atom. The second-order valence-corrected chi connectivity index (χ2v) is 7.95. The summed E-state index contributed by atoms with van der Waals surface area (Å²) in [4.78, 5) is 2.73. The number of hydrogen-bond acceptors (Lipinski definition) is 3. The van der Waals surface area contributed by atoms with E-state index >= 15 is 0 Å². The first-order valence-corrected chi connectivity index (χ1v) is 8.63. The Hall–Kier alpha value is -0.870. The van der Waals surface area contributed by atoms with E-state index < -0.39 is 9.84 Å². The van der Waals surface area contributed by atoms with Gasteiger partial charge in [-0.3, -0.25) is 0 Å². The van der Waals surface area contributed by atoms with Crippen molar-refractivity contribution >= 4 is 9.84 Å². The van der Waals surface area contributed by atoms with Crippen molar-refractivity contribution in [3.05, 3.63) is 30.3 Å². The van der Waals surface area contributed by atoms with Crippen LogP contribution < -0.4 is 0 Å². The Morgan fingerprint density at radius 2 is 1.68 bits per heavy atom. The summed E-state index contributed by atoms with van der Waals surface area (Å²) in [6.07, 6.45) is 1.25. The molecule has 1 saturated heterocycles. The zero-order chi connectivity index (χ0) is 13.9. The zero-order valence-electron chi connectivity index (χ0n) is 11.7. The van der Waals surface area contributed by atoms with Gasteiger partial charge in [-0.15, -0.1) is 0 Å². The van der Waals surface area contributed by atoms with E-state index in [0.29, 0.717) is 23.3 Å². The first kappa shape index (κ1) is 14.5. The van der Waals surface area contributed by atoms with E-state index in [2.05, 4.69) is 18.7 Å². The summed E-state index contributed by atoms with van der Waals surface area (Å²) in [6.45, 7) is 7.18. The van der Waals surface area contributed by atoms with E-state index in [-0.39, 0.29) is 5.75 Å². The molecular formula is C15H23NO2S. The third kappa shape index (κ3) is 4.05. The Labute approximate surface area is 116 Å². The summed E-state index contributed by atoms with van der Waals surface area (Å²) in [7, 11) is -3.14. The smallest absolute Gasteiger partial charge is 0.179 e. The molecule has 1 heterocycles. The molecular weight excluding hydrogens is 258 g/mol. The molecule has 1 aliphatic heterocycles. The number of piperidine rings is 1. The summed E-state index contributed by atoms with van der Waals surface area (Å²) in [5.41, 5.74) is 0. The minimum Gasteiger partial charge on any atom is -0.302 e. The van der Waals surface area contributed by atoms with Gasteiger partial charge in [0.2, 0.25) is 0 Å². The van der Waals surface area contributed by atoms with Gasteiger partial charge in [0.25, 0.3) is 0 Å². The van der Waals surface area contributed by atoms with Crippen LogP contribution >= 0.6 is 0 Å². The lowest BCUT2D eigenvalue weighted by Gasteiger charge is -2.34. The lowest BCUT2D eigenvalue weighted by atomic mass is 9.92. The van der Waals surface area contributed by atoms with Gasteiger partial charge < -0.3 is 4.90 Å². The normalized spacial score (nSPS) is 25.4. The van der Waals surface area contributed by atoms with Gasteiger partial charge in [0.1, 0.15) is 0 Å². The number of hydrogen-bond donors (Lipinski definition) is 0. The number of rotatable bonds is 4. The lowest BCUT2D eigenvalue weighted by Crippen LogP contribution is -2.41. The van der Waals surface area contributed by atoms with Crippen LogP contribution in [0.1, 0.15) is 20.3 Å². The molecule has 0 saturated carbocycles. The van der Waals surface area contributed by atoms with Crippen molar-refractivity contribution in [3.8, 4) is 0 Å². The van der Waals surface area contributed by atoms with Crippen LogP contribution in [0.15, 0.2) is 35.2 Å². The molecule has 0 aliphatic carbocycles. The van der Waals surface area contributed by atoms with Gasteiger partial charge >= 0.3 is 0 Å². The predicted molar refractivity (Wildman–Crippen MR) is 77.9 cm³/mol. The number of nitrogens with zero attached hydrogens (tertiary/aromatic N) is 1. The van der Waals surface area contributed by atoms with Crippen molar-refractivity contribution in [2.75, 3.05) is 25.4 Å². The summed E-state index contributed by atoms with van der Waals surface area (Å²) in [5.74, 6) is 1.56. The molecule has 0 amide bonds. The van der Waals surface area contributed by atoms with Gasteiger partial charge in [-0.1, -0.05) is 32.0 Å². The SMILES string of the molecule is CC1CC(C)CN(CCS(=O)(=O)c2ccccc2)C1. The van der Waals surface area contributed by atoms with Crippen LogP contribution in [0.5, 0.6) is 0 Å². The summed E-state index contributed by atoms with van der Waals surface area (Å²) < 4.78 is 24.4. The summed E-state index contributed by atoms with van der Waals surface area (Å²) in [6, 6.07) is 8.75. The van der Waals surface area contributed by atoms with Crippen LogP contribution in [-0.2, 0) is 9.84 Å². The maximum atomic E-state index is 12.2. The van der Waals surface area contributed by atoms with Gasteiger partial charge in [-0.2, -0.15) is 0 Å². The van der Waals surface area contributed by atoms with Crippen LogP contribution in [0, 0.1) is 11.8 Å². The molecule has 0 N–H and O–H groups in total. The van der Waals surface area contributed by atoms with Crippen molar-refractivity contribution in [2.24, 2.45) is 11.8 Å². The maximum Gasteiger partial charge on any atom is 0.179 e. The fraction of sp³-hybridized carbons (Fsp3) is 0.600. The molecule has 1 aromatic rings. The molecule has 4 heteroatoms. The first-order chi connectivity index (χ1) is 8.97. The maximum absolute atomic E-state index is 12.2. The third-order valence-electron chi connectivity index (χ3n) is 3.72. The molecule has 2 unspecified atom stereocenters. The third-order valence-corrected chi connectivity index (χ3v) is 5.43. The first-order valence-electron chi connectivity index (χ1n) is 6.97. The van der Waals surface area contributed by atoms with E-state index in [0.717, 1.165) is 13.1 Å². The molecule has 1 aliphatic rings.